The average Bonchev–Trinajstić information content (AvgIpc) is 2.38. The van der Waals surface area contributed by atoms with Gasteiger partial charge in [-0.15, -0.1) is 0 Å². The van der Waals surface area contributed by atoms with Gasteiger partial charge >= 0.3 is 5.97 Å². The molecule has 98 valence electrons. The van der Waals surface area contributed by atoms with E-state index in [-0.39, 0.29) is 6.10 Å². The minimum Gasteiger partial charge on any atom is -0.480 e. The van der Waals surface area contributed by atoms with Gasteiger partial charge in [0.2, 0.25) is 0 Å². The van der Waals surface area contributed by atoms with Crippen LogP contribution in [0.15, 0.2) is 24.3 Å². The molecule has 2 atom stereocenters. The number of hydrogen-bond acceptors (Lipinski definition) is 3. The third kappa shape index (κ3) is 3.02. The van der Waals surface area contributed by atoms with E-state index in [0.717, 1.165) is 5.56 Å². The third-order valence-corrected chi connectivity index (χ3v) is 3.46. The number of carbonyl (C=O) groups is 1. The third-order valence-electron chi connectivity index (χ3n) is 3.22. The molecular weight excluding hydrogens is 254 g/mol. The van der Waals surface area contributed by atoms with Gasteiger partial charge in [0.05, 0.1) is 12.7 Å². The van der Waals surface area contributed by atoms with Crippen molar-refractivity contribution in [2.45, 2.75) is 19.1 Å². The number of aliphatic carboxylic acids is 1. The lowest BCUT2D eigenvalue weighted by atomic mass is 10.1. The van der Waals surface area contributed by atoms with Gasteiger partial charge in [-0.05, 0) is 24.6 Å². The van der Waals surface area contributed by atoms with E-state index in [1.165, 1.54) is 0 Å². The highest BCUT2D eigenvalue weighted by Gasteiger charge is 2.28. The molecule has 1 heterocycles. The molecule has 0 saturated carbocycles. The predicted molar refractivity (Wildman–Crippen MR) is 68.8 cm³/mol. The Bertz CT molecular complexity index is 438. The zero-order chi connectivity index (χ0) is 13.1. The average molecular weight is 270 g/mol. The Balaban J connectivity index is 2.09. The molecule has 2 unspecified atom stereocenters. The Morgan fingerprint density at radius 1 is 1.61 bits per heavy atom. The molecule has 1 saturated heterocycles. The van der Waals surface area contributed by atoms with Crippen molar-refractivity contribution < 1.29 is 14.6 Å². The Labute approximate surface area is 111 Å². The van der Waals surface area contributed by atoms with Gasteiger partial charge in [0, 0.05) is 18.1 Å². The zero-order valence-corrected chi connectivity index (χ0v) is 10.9. The van der Waals surface area contributed by atoms with Crippen molar-refractivity contribution >= 4 is 17.6 Å². The molecule has 1 N–H and O–H groups in total. The number of nitrogens with zero attached hydrogens (tertiary/aromatic N) is 1. The van der Waals surface area contributed by atoms with Crippen molar-refractivity contribution in [3.8, 4) is 0 Å². The Morgan fingerprint density at radius 3 is 3.06 bits per heavy atom. The number of morpholine rings is 1. The standard InChI is InChI=1S/C13H16ClNO3/c1-9(13(16)17)15-5-6-18-12(8-15)10-3-2-4-11(14)7-10/h2-4,7,9,12H,5-6,8H2,1H3,(H,16,17). The van der Waals surface area contributed by atoms with Crippen LogP contribution in [-0.4, -0.2) is 41.7 Å². The molecule has 18 heavy (non-hydrogen) atoms. The van der Waals surface area contributed by atoms with Crippen molar-refractivity contribution in [1.29, 1.82) is 0 Å². The van der Waals surface area contributed by atoms with Crippen LogP contribution in [0, 0.1) is 0 Å². The van der Waals surface area contributed by atoms with Crippen molar-refractivity contribution in [3.63, 3.8) is 0 Å². The van der Waals surface area contributed by atoms with E-state index in [0.29, 0.717) is 24.7 Å². The number of hydrogen-bond donors (Lipinski definition) is 1. The molecule has 1 fully saturated rings. The molecular formula is C13H16ClNO3. The molecule has 0 aromatic heterocycles. The molecule has 1 aromatic rings. The fraction of sp³-hybridized carbons (Fsp3) is 0.462. The van der Waals surface area contributed by atoms with Crippen LogP contribution >= 0.6 is 11.6 Å². The Morgan fingerprint density at radius 2 is 2.39 bits per heavy atom. The van der Waals surface area contributed by atoms with Crippen LogP contribution in [0.5, 0.6) is 0 Å². The maximum atomic E-state index is 11.0. The topological polar surface area (TPSA) is 49.8 Å². The van der Waals surface area contributed by atoms with Crippen molar-refractivity contribution in [1.82, 2.24) is 4.90 Å². The van der Waals surface area contributed by atoms with Crippen LogP contribution < -0.4 is 0 Å². The van der Waals surface area contributed by atoms with Gasteiger partial charge in [0.1, 0.15) is 6.04 Å². The van der Waals surface area contributed by atoms with Crippen LogP contribution in [0.25, 0.3) is 0 Å². The minimum absolute atomic E-state index is 0.112. The largest absolute Gasteiger partial charge is 0.480 e. The second-order valence-corrected chi connectivity index (χ2v) is 4.86. The van der Waals surface area contributed by atoms with Gasteiger partial charge in [-0.25, -0.2) is 0 Å². The lowest BCUT2D eigenvalue weighted by Crippen LogP contribution is -2.46. The van der Waals surface area contributed by atoms with E-state index < -0.39 is 12.0 Å². The molecule has 1 aliphatic rings. The molecule has 0 bridgehead atoms. The number of ether oxygens (including phenoxy) is 1. The van der Waals surface area contributed by atoms with Crippen LogP contribution in [-0.2, 0) is 9.53 Å². The minimum atomic E-state index is -0.804. The first kappa shape index (κ1) is 13.3. The lowest BCUT2D eigenvalue weighted by Gasteiger charge is -2.35. The summed E-state index contributed by atoms with van der Waals surface area (Å²) in [6.45, 7) is 3.45. The zero-order valence-electron chi connectivity index (χ0n) is 10.2. The van der Waals surface area contributed by atoms with Crippen LogP contribution in [0.1, 0.15) is 18.6 Å². The maximum Gasteiger partial charge on any atom is 0.320 e. The summed E-state index contributed by atoms with van der Waals surface area (Å²) in [6.07, 6.45) is -0.112. The van der Waals surface area contributed by atoms with E-state index in [9.17, 15) is 4.79 Å². The van der Waals surface area contributed by atoms with E-state index in [4.69, 9.17) is 21.4 Å². The summed E-state index contributed by atoms with van der Waals surface area (Å²) >= 11 is 5.95. The fourth-order valence-electron chi connectivity index (χ4n) is 2.09. The lowest BCUT2D eigenvalue weighted by molar-refractivity contribution is -0.145. The number of rotatable bonds is 3. The van der Waals surface area contributed by atoms with Gasteiger partial charge in [0.15, 0.2) is 0 Å². The molecule has 4 nitrogen and oxygen atoms in total. The molecule has 0 aliphatic carbocycles. The molecule has 2 rings (SSSR count). The molecule has 0 spiro atoms. The van der Waals surface area contributed by atoms with Gasteiger partial charge in [0.25, 0.3) is 0 Å². The van der Waals surface area contributed by atoms with Crippen molar-refractivity contribution in [2.24, 2.45) is 0 Å². The Kier molecular flexibility index (Phi) is 4.22. The van der Waals surface area contributed by atoms with E-state index >= 15 is 0 Å². The summed E-state index contributed by atoms with van der Waals surface area (Å²) < 4.78 is 5.69. The van der Waals surface area contributed by atoms with Gasteiger partial charge in [-0.1, -0.05) is 23.7 Å². The molecule has 0 radical (unpaired) electrons. The highest BCUT2D eigenvalue weighted by atomic mass is 35.5. The summed E-state index contributed by atoms with van der Waals surface area (Å²) in [6, 6.07) is 7.01. The van der Waals surface area contributed by atoms with Crippen LogP contribution in [0.4, 0.5) is 0 Å². The summed E-state index contributed by atoms with van der Waals surface area (Å²) in [5, 5.41) is 9.70. The fourth-order valence-corrected chi connectivity index (χ4v) is 2.28. The van der Waals surface area contributed by atoms with Gasteiger partial charge in [-0.2, -0.15) is 0 Å². The molecule has 1 aliphatic heterocycles. The number of carboxylic acid groups (broad SMARTS) is 1. The summed E-state index contributed by atoms with van der Waals surface area (Å²) in [4.78, 5) is 12.9. The molecule has 0 amide bonds. The first-order valence-corrected chi connectivity index (χ1v) is 6.29. The number of carboxylic acids is 1. The molecule has 1 aromatic carbocycles. The number of halogens is 1. The SMILES string of the molecule is CC(C(=O)O)N1CCOC(c2cccc(Cl)c2)C1. The summed E-state index contributed by atoms with van der Waals surface area (Å²) in [7, 11) is 0. The highest BCUT2D eigenvalue weighted by Crippen LogP contribution is 2.25. The maximum absolute atomic E-state index is 11.0. The van der Waals surface area contributed by atoms with Gasteiger partial charge in [-0.3, -0.25) is 9.69 Å². The van der Waals surface area contributed by atoms with Crippen LogP contribution in [0.3, 0.4) is 0 Å². The van der Waals surface area contributed by atoms with Gasteiger partial charge < -0.3 is 9.84 Å². The summed E-state index contributed by atoms with van der Waals surface area (Å²) in [5.74, 6) is -0.804. The van der Waals surface area contributed by atoms with E-state index in [2.05, 4.69) is 0 Å². The van der Waals surface area contributed by atoms with Crippen molar-refractivity contribution in [2.75, 3.05) is 19.7 Å². The number of benzene rings is 1. The quantitative estimate of drug-likeness (QED) is 0.914. The normalized spacial score (nSPS) is 22.7. The highest BCUT2D eigenvalue weighted by molar-refractivity contribution is 6.30. The monoisotopic (exact) mass is 269 g/mol. The summed E-state index contributed by atoms with van der Waals surface area (Å²) in [5.41, 5.74) is 0.991. The predicted octanol–water partition coefficient (Wildman–Crippen LogP) is 2.19. The van der Waals surface area contributed by atoms with E-state index in [1.807, 2.05) is 29.2 Å². The first-order valence-electron chi connectivity index (χ1n) is 5.92. The van der Waals surface area contributed by atoms with E-state index in [1.54, 1.807) is 6.92 Å². The second-order valence-electron chi connectivity index (χ2n) is 4.42. The van der Waals surface area contributed by atoms with Crippen molar-refractivity contribution in [3.05, 3.63) is 34.9 Å². The second kappa shape index (κ2) is 5.69. The molecule has 5 heteroatoms. The first-order chi connectivity index (χ1) is 8.58. The van der Waals surface area contributed by atoms with Crippen LogP contribution in [0.2, 0.25) is 5.02 Å². The Hall–Kier alpha value is -1.10. The smallest absolute Gasteiger partial charge is 0.320 e.